The van der Waals surface area contributed by atoms with Crippen molar-refractivity contribution < 1.29 is 24.6 Å². The molecule has 0 heterocycles. The summed E-state index contributed by atoms with van der Waals surface area (Å²) in [5.41, 5.74) is 2.60. The minimum atomic E-state index is -1.07. The second-order valence-electron chi connectivity index (χ2n) is 8.77. The first kappa shape index (κ1) is 27.2. The molecule has 192 valence electrons. The summed E-state index contributed by atoms with van der Waals surface area (Å²) in [6.07, 6.45) is 3.79. The quantitative estimate of drug-likeness (QED) is 0.168. The number of aromatic hydroxyl groups is 2. The van der Waals surface area contributed by atoms with Gasteiger partial charge in [0.2, 0.25) is 11.7 Å². The van der Waals surface area contributed by atoms with Gasteiger partial charge in [0.1, 0.15) is 6.04 Å². The summed E-state index contributed by atoms with van der Waals surface area (Å²) in [5.74, 6) is -2.52. The second kappa shape index (κ2) is 13.6. The number of hydrogen-bond acceptors (Lipinski definition) is 5. The van der Waals surface area contributed by atoms with Crippen molar-refractivity contribution in [3.8, 4) is 11.5 Å². The molecule has 0 aliphatic carbocycles. The van der Waals surface area contributed by atoms with E-state index in [1.807, 2.05) is 67.6 Å². The van der Waals surface area contributed by atoms with Gasteiger partial charge in [-0.15, -0.1) is 0 Å². The van der Waals surface area contributed by atoms with E-state index < -0.39 is 23.6 Å². The Hall–Kier alpha value is -4.39. The van der Waals surface area contributed by atoms with Gasteiger partial charge in [-0.25, -0.2) is 0 Å². The van der Waals surface area contributed by atoms with Gasteiger partial charge in [-0.2, -0.15) is 0 Å². The average Bonchev–Trinajstić information content (AvgIpc) is 2.92. The van der Waals surface area contributed by atoms with Crippen LogP contribution in [0.1, 0.15) is 42.9 Å². The molecular weight excluding hydrogens is 468 g/mol. The summed E-state index contributed by atoms with van der Waals surface area (Å²) in [6, 6.07) is 21.7. The number of phenolic OH excluding ortho intramolecular Hbond substituents is 2. The largest absolute Gasteiger partial charge is 0.504 e. The SMILES string of the molecule is CCCC/C(=C\c1ccc(O)c(O)c1)C(=O)NC(Cc1ccccc1)C(=O)C(=O)NCc1ccccc1. The monoisotopic (exact) mass is 500 g/mol. The molecule has 7 nitrogen and oxygen atoms in total. The molecule has 0 fully saturated rings. The molecule has 3 rings (SSSR count). The molecular formula is C30H32N2O5. The molecule has 0 saturated heterocycles. The maximum absolute atomic E-state index is 13.3. The summed E-state index contributed by atoms with van der Waals surface area (Å²) < 4.78 is 0. The predicted molar refractivity (Wildman–Crippen MR) is 143 cm³/mol. The zero-order chi connectivity index (χ0) is 26.6. The topological polar surface area (TPSA) is 116 Å². The molecule has 2 amide bonds. The molecule has 4 N–H and O–H groups in total. The van der Waals surface area contributed by atoms with Crippen LogP contribution in [0.15, 0.2) is 84.4 Å². The number of Topliss-reactive ketones (excluding diaryl/α,β-unsaturated/α-hetero) is 1. The zero-order valence-corrected chi connectivity index (χ0v) is 20.8. The molecule has 0 aromatic heterocycles. The summed E-state index contributed by atoms with van der Waals surface area (Å²) in [5, 5.41) is 24.8. The molecule has 1 atom stereocenters. The predicted octanol–water partition coefficient (Wildman–Crippen LogP) is 4.28. The van der Waals surface area contributed by atoms with Gasteiger partial charge in [0, 0.05) is 18.5 Å². The number of carbonyl (C=O) groups is 3. The number of carbonyl (C=O) groups excluding carboxylic acids is 3. The Morgan fingerprint density at radius 1 is 0.838 bits per heavy atom. The molecule has 0 radical (unpaired) electrons. The second-order valence-corrected chi connectivity index (χ2v) is 8.77. The molecule has 7 heteroatoms. The van der Waals surface area contributed by atoms with Crippen LogP contribution in [-0.2, 0) is 27.3 Å². The number of unbranched alkanes of at least 4 members (excludes halogenated alkanes) is 1. The van der Waals surface area contributed by atoms with Crippen molar-refractivity contribution in [3.05, 3.63) is 101 Å². The number of hydrogen-bond donors (Lipinski definition) is 4. The summed E-state index contributed by atoms with van der Waals surface area (Å²) in [7, 11) is 0. The first-order chi connectivity index (χ1) is 17.9. The Morgan fingerprint density at radius 2 is 1.49 bits per heavy atom. The highest BCUT2D eigenvalue weighted by Crippen LogP contribution is 2.26. The van der Waals surface area contributed by atoms with E-state index in [-0.39, 0.29) is 24.5 Å². The van der Waals surface area contributed by atoms with E-state index in [9.17, 15) is 24.6 Å². The van der Waals surface area contributed by atoms with E-state index in [0.29, 0.717) is 17.6 Å². The minimum absolute atomic E-state index is 0.158. The van der Waals surface area contributed by atoms with Crippen LogP contribution in [0, 0.1) is 0 Å². The highest BCUT2D eigenvalue weighted by molar-refractivity contribution is 6.38. The molecule has 37 heavy (non-hydrogen) atoms. The van der Waals surface area contributed by atoms with Crippen molar-refractivity contribution in [2.45, 2.75) is 45.2 Å². The van der Waals surface area contributed by atoms with Gasteiger partial charge in [-0.3, -0.25) is 14.4 Å². The van der Waals surface area contributed by atoms with Crippen LogP contribution in [0.5, 0.6) is 11.5 Å². The standard InChI is InChI=1S/C30H32N2O5/c1-2-3-14-24(17-23-15-16-26(33)27(34)19-23)29(36)32-25(18-21-10-6-4-7-11-21)28(35)30(37)31-20-22-12-8-5-9-13-22/h4-13,15-17,19,25,33-34H,2-3,14,18,20H2,1H3,(H,31,37)(H,32,36)/b24-17+. The Kier molecular flexibility index (Phi) is 10.0. The zero-order valence-electron chi connectivity index (χ0n) is 20.8. The van der Waals surface area contributed by atoms with Crippen molar-refractivity contribution in [3.63, 3.8) is 0 Å². The van der Waals surface area contributed by atoms with E-state index in [1.54, 1.807) is 12.1 Å². The Morgan fingerprint density at radius 3 is 2.11 bits per heavy atom. The minimum Gasteiger partial charge on any atom is -0.504 e. The lowest BCUT2D eigenvalue weighted by Gasteiger charge is -2.19. The first-order valence-electron chi connectivity index (χ1n) is 12.3. The Bertz CT molecular complexity index is 1240. The third-order valence-electron chi connectivity index (χ3n) is 5.86. The smallest absolute Gasteiger partial charge is 0.289 e. The number of phenols is 2. The third kappa shape index (κ3) is 8.35. The Balaban J connectivity index is 1.81. The number of nitrogens with one attached hydrogen (secondary N) is 2. The van der Waals surface area contributed by atoms with Crippen molar-refractivity contribution in [1.82, 2.24) is 10.6 Å². The number of benzene rings is 3. The molecule has 0 bridgehead atoms. The van der Waals surface area contributed by atoms with Gasteiger partial charge in [-0.1, -0.05) is 80.1 Å². The number of rotatable bonds is 12. The van der Waals surface area contributed by atoms with Crippen molar-refractivity contribution in [1.29, 1.82) is 0 Å². The summed E-state index contributed by atoms with van der Waals surface area (Å²) in [4.78, 5) is 39.3. The van der Waals surface area contributed by atoms with Crippen molar-refractivity contribution in [2.75, 3.05) is 0 Å². The van der Waals surface area contributed by atoms with E-state index in [0.717, 1.165) is 24.0 Å². The average molecular weight is 501 g/mol. The molecule has 1 unspecified atom stereocenters. The van der Waals surface area contributed by atoms with Gasteiger partial charge >= 0.3 is 0 Å². The lowest BCUT2D eigenvalue weighted by molar-refractivity contribution is -0.139. The van der Waals surface area contributed by atoms with Gasteiger partial charge in [0.25, 0.3) is 5.91 Å². The van der Waals surface area contributed by atoms with Crippen LogP contribution in [0.25, 0.3) is 6.08 Å². The lowest BCUT2D eigenvalue weighted by Crippen LogP contribution is -2.49. The Labute approximate surface area is 216 Å². The van der Waals surface area contributed by atoms with Gasteiger partial charge in [0.05, 0.1) is 0 Å². The molecule has 3 aromatic carbocycles. The fraction of sp³-hybridized carbons (Fsp3) is 0.233. The lowest BCUT2D eigenvalue weighted by atomic mass is 9.99. The molecule has 0 aliphatic heterocycles. The van der Waals surface area contributed by atoms with E-state index >= 15 is 0 Å². The maximum Gasteiger partial charge on any atom is 0.289 e. The van der Waals surface area contributed by atoms with Crippen molar-refractivity contribution >= 4 is 23.7 Å². The molecule has 3 aromatic rings. The fourth-order valence-corrected chi connectivity index (χ4v) is 3.78. The van der Waals surface area contributed by atoms with Crippen LogP contribution in [-0.4, -0.2) is 33.9 Å². The van der Waals surface area contributed by atoms with Crippen LogP contribution in [0.4, 0.5) is 0 Å². The maximum atomic E-state index is 13.3. The highest BCUT2D eigenvalue weighted by atomic mass is 16.3. The molecule has 0 aliphatic rings. The van der Waals surface area contributed by atoms with Crippen LogP contribution in [0.3, 0.4) is 0 Å². The molecule has 0 spiro atoms. The van der Waals surface area contributed by atoms with E-state index in [2.05, 4.69) is 10.6 Å². The van der Waals surface area contributed by atoms with Crippen molar-refractivity contribution in [2.24, 2.45) is 0 Å². The fourth-order valence-electron chi connectivity index (χ4n) is 3.78. The molecule has 0 saturated carbocycles. The van der Waals surface area contributed by atoms with Crippen LogP contribution in [0.2, 0.25) is 0 Å². The number of ketones is 1. The van der Waals surface area contributed by atoms with Gasteiger partial charge in [0.15, 0.2) is 11.5 Å². The van der Waals surface area contributed by atoms with Gasteiger partial charge in [-0.05, 0) is 47.7 Å². The highest BCUT2D eigenvalue weighted by Gasteiger charge is 2.28. The summed E-state index contributed by atoms with van der Waals surface area (Å²) in [6.45, 7) is 2.20. The normalized spacial score (nSPS) is 12.0. The van der Waals surface area contributed by atoms with Crippen LogP contribution >= 0.6 is 0 Å². The summed E-state index contributed by atoms with van der Waals surface area (Å²) >= 11 is 0. The van der Waals surface area contributed by atoms with E-state index in [4.69, 9.17) is 0 Å². The first-order valence-corrected chi connectivity index (χ1v) is 12.3. The van der Waals surface area contributed by atoms with Crippen LogP contribution < -0.4 is 10.6 Å². The number of amides is 2. The van der Waals surface area contributed by atoms with E-state index in [1.165, 1.54) is 12.1 Å². The van der Waals surface area contributed by atoms with Gasteiger partial charge < -0.3 is 20.8 Å². The third-order valence-corrected chi connectivity index (χ3v) is 5.86.